The fourth-order valence-corrected chi connectivity index (χ4v) is 9.26. The van der Waals surface area contributed by atoms with Crippen LogP contribution in [0.3, 0.4) is 0 Å². The molecule has 0 saturated heterocycles. The van der Waals surface area contributed by atoms with Gasteiger partial charge in [0.15, 0.2) is 0 Å². The average molecular weight is 389 g/mol. The second-order valence-corrected chi connectivity index (χ2v) is 12.6. The van der Waals surface area contributed by atoms with Crippen molar-refractivity contribution in [1.29, 1.82) is 0 Å². The quantitative estimate of drug-likeness (QED) is 0.518. The van der Waals surface area contributed by atoms with E-state index in [0.717, 1.165) is 54.3 Å². The highest BCUT2D eigenvalue weighted by Crippen LogP contribution is 2.68. The first kappa shape index (κ1) is 21.2. The fourth-order valence-electron chi connectivity index (χ4n) is 9.26. The number of fused-ring (bicyclic) bond motifs is 5. The molecule has 28 heavy (non-hydrogen) atoms. The third kappa shape index (κ3) is 3.50. The molecule has 0 amide bonds. The maximum atomic E-state index is 10.3. The van der Waals surface area contributed by atoms with Crippen LogP contribution in [-0.4, -0.2) is 11.2 Å². The molecular formula is C27H48O. The van der Waals surface area contributed by atoms with Gasteiger partial charge in [-0.25, -0.2) is 0 Å². The molecule has 0 aliphatic heterocycles. The van der Waals surface area contributed by atoms with Crippen LogP contribution in [-0.2, 0) is 0 Å². The maximum absolute atomic E-state index is 10.3. The number of hydrogen-bond donors (Lipinski definition) is 1. The zero-order valence-electron chi connectivity index (χ0n) is 19.6. The van der Waals surface area contributed by atoms with Crippen LogP contribution >= 0.6 is 0 Å². The predicted molar refractivity (Wildman–Crippen MR) is 119 cm³/mol. The summed E-state index contributed by atoms with van der Waals surface area (Å²) in [6, 6.07) is 0. The number of aliphatic hydroxyl groups is 1. The Kier molecular flexibility index (Phi) is 5.98. The van der Waals surface area contributed by atoms with Crippen molar-refractivity contribution in [3.63, 3.8) is 0 Å². The van der Waals surface area contributed by atoms with Gasteiger partial charge in [0.05, 0.1) is 6.10 Å². The third-order valence-corrected chi connectivity index (χ3v) is 10.8. The highest BCUT2D eigenvalue weighted by molar-refractivity contribution is 5.09. The Morgan fingerprint density at radius 2 is 1.54 bits per heavy atom. The Hall–Kier alpha value is -0.0400. The molecule has 4 aliphatic carbocycles. The van der Waals surface area contributed by atoms with E-state index in [1.165, 1.54) is 64.2 Å². The fraction of sp³-hybridized carbons (Fsp3) is 1.00. The smallest absolute Gasteiger partial charge is 0.0543 e. The molecule has 162 valence electrons. The van der Waals surface area contributed by atoms with E-state index < -0.39 is 0 Å². The minimum absolute atomic E-state index is 0.00830. The monoisotopic (exact) mass is 388 g/mol. The van der Waals surface area contributed by atoms with Crippen LogP contribution < -0.4 is 0 Å². The molecular weight excluding hydrogens is 340 g/mol. The molecule has 0 radical (unpaired) electrons. The molecule has 1 nitrogen and oxygen atoms in total. The summed E-state index contributed by atoms with van der Waals surface area (Å²) >= 11 is 0. The average Bonchev–Trinajstić information content (AvgIpc) is 2.99. The van der Waals surface area contributed by atoms with Crippen LogP contribution in [0.15, 0.2) is 0 Å². The summed E-state index contributed by atoms with van der Waals surface area (Å²) in [7, 11) is 0. The van der Waals surface area contributed by atoms with Crippen molar-refractivity contribution in [2.45, 2.75) is 118 Å². The molecule has 1 N–H and O–H groups in total. The first-order valence-corrected chi connectivity index (χ1v) is 12.9. The normalized spacial score (nSPS) is 49.4. The van der Waals surface area contributed by atoms with E-state index in [9.17, 15) is 5.11 Å². The van der Waals surface area contributed by atoms with Crippen molar-refractivity contribution in [2.75, 3.05) is 0 Å². The molecule has 0 aromatic heterocycles. The first-order chi connectivity index (χ1) is 13.3. The first-order valence-electron chi connectivity index (χ1n) is 12.9. The van der Waals surface area contributed by atoms with Crippen molar-refractivity contribution < 1.29 is 5.11 Å². The molecule has 0 aromatic rings. The van der Waals surface area contributed by atoms with E-state index in [0.29, 0.717) is 10.8 Å². The van der Waals surface area contributed by atoms with Gasteiger partial charge < -0.3 is 5.11 Å². The SMILES string of the molecule is CC(C)CCC[C@H](C)[C@H]1CC[C@H]2[C@H]3CC[C@H]4C[C@H](O)CC[C@]4(C)[C@@H]3CC[C@]12C. The molecule has 1 heteroatoms. The lowest BCUT2D eigenvalue weighted by Crippen LogP contribution is -2.54. The van der Waals surface area contributed by atoms with Crippen LogP contribution in [0.1, 0.15) is 112 Å². The summed E-state index contributed by atoms with van der Waals surface area (Å²) in [5, 5.41) is 10.3. The Bertz CT molecular complexity index is 540. The van der Waals surface area contributed by atoms with E-state index in [4.69, 9.17) is 0 Å². The van der Waals surface area contributed by atoms with Crippen LogP contribution in [0.2, 0.25) is 0 Å². The number of hydrogen-bond acceptors (Lipinski definition) is 1. The Balaban J connectivity index is 1.46. The molecule has 0 spiro atoms. The molecule has 0 heterocycles. The van der Waals surface area contributed by atoms with Crippen LogP contribution in [0, 0.1) is 52.3 Å². The highest BCUT2D eigenvalue weighted by Gasteiger charge is 2.60. The molecule has 4 saturated carbocycles. The lowest BCUT2D eigenvalue weighted by molar-refractivity contribution is -0.129. The Morgan fingerprint density at radius 1 is 0.821 bits per heavy atom. The van der Waals surface area contributed by atoms with Crippen molar-refractivity contribution in [3.8, 4) is 0 Å². The van der Waals surface area contributed by atoms with Crippen molar-refractivity contribution in [3.05, 3.63) is 0 Å². The zero-order chi connectivity index (χ0) is 20.1. The van der Waals surface area contributed by atoms with Gasteiger partial charge in [-0.05, 0) is 110 Å². The number of aliphatic hydroxyl groups excluding tert-OH is 1. The molecule has 0 unspecified atom stereocenters. The van der Waals surface area contributed by atoms with Gasteiger partial charge in [0.1, 0.15) is 0 Å². The predicted octanol–water partition coefficient (Wildman–Crippen LogP) is 7.47. The Morgan fingerprint density at radius 3 is 2.29 bits per heavy atom. The van der Waals surface area contributed by atoms with E-state index in [1.54, 1.807) is 0 Å². The topological polar surface area (TPSA) is 20.2 Å². The second kappa shape index (κ2) is 7.90. The van der Waals surface area contributed by atoms with Gasteiger partial charge in [-0.1, -0.05) is 53.9 Å². The van der Waals surface area contributed by atoms with Gasteiger partial charge in [-0.15, -0.1) is 0 Å². The van der Waals surface area contributed by atoms with Gasteiger partial charge in [0, 0.05) is 0 Å². The lowest BCUT2D eigenvalue weighted by Gasteiger charge is -2.61. The van der Waals surface area contributed by atoms with E-state index >= 15 is 0 Å². The molecule has 4 aliphatic rings. The lowest BCUT2D eigenvalue weighted by atomic mass is 9.44. The minimum atomic E-state index is -0.00830. The Labute approximate surface area is 175 Å². The van der Waals surface area contributed by atoms with Crippen LogP contribution in [0.5, 0.6) is 0 Å². The summed E-state index contributed by atoms with van der Waals surface area (Å²) < 4.78 is 0. The van der Waals surface area contributed by atoms with Crippen molar-refractivity contribution >= 4 is 0 Å². The molecule has 4 rings (SSSR count). The van der Waals surface area contributed by atoms with Crippen LogP contribution in [0.4, 0.5) is 0 Å². The van der Waals surface area contributed by atoms with Crippen LogP contribution in [0.25, 0.3) is 0 Å². The van der Waals surface area contributed by atoms with Gasteiger partial charge in [-0.3, -0.25) is 0 Å². The number of rotatable bonds is 5. The summed E-state index contributed by atoms with van der Waals surface area (Å²) in [6.45, 7) is 12.7. The second-order valence-electron chi connectivity index (χ2n) is 12.6. The van der Waals surface area contributed by atoms with E-state index in [2.05, 4.69) is 34.6 Å². The molecule has 0 aromatic carbocycles. The molecule has 0 bridgehead atoms. The summed E-state index contributed by atoms with van der Waals surface area (Å²) in [5.41, 5.74) is 1.15. The van der Waals surface area contributed by atoms with Gasteiger partial charge >= 0.3 is 0 Å². The standard InChI is InChI=1S/C27H48O/c1-18(2)7-6-8-19(3)23-11-12-24-22-10-9-20-17-21(28)13-15-26(20,4)25(22)14-16-27(23,24)5/h18-25,28H,6-17H2,1-5H3/t19-,20-,21+,22+,23+,24-,25+,26-,27+/m0/s1. The van der Waals surface area contributed by atoms with Crippen molar-refractivity contribution in [2.24, 2.45) is 52.3 Å². The zero-order valence-corrected chi connectivity index (χ0v) is 19.6. The molecule has 4 fully saturated rings. The molecule has 9 atom stereocenters. The van der Waals surface area contributed by atoms with Gasteiger partial charge in [-0.2, -0.15) is 0 Å². The largest absolute Gasteiger partial charge is 0.393 e. The van der Waals surface area contributed by atoms with Crippen molar-refractivity contribution in [1.82, 2.24) is 0 Å². The summed E-state index contributed by atoms with van der Waals surface area (Å²) in [6.07, 6.45) is 16.6. The van der Waals surface area contributed by atoms with E-state index in [1.807, 2.05) is 0 Å². The third-order valence-electron chi connectivity index (χ3n) is 10.8. The highest BCUT2D eigenvalue weighted by atomic mass is 16.3. The summed E-state index contributed by atoms with van der Waals surface area (Å²) in [4.78, 5) is 0. The minimum Gasteiger partial charge on any atom is -0.393 e. The summed E-state index contributed by atoms with van der Waals surface area (Å²) in [5.74, 6) is 6.49. The van der Waals surface area contributed by atoms with Gasteiger partial charge in [0.2, 0.25) is 0 Å². The van der Waals surface area contributed by atoms with E-state index in [-0.39, 0.29) is 6.10 Å². The maximum Gasteiger partial charge on any atom is 0.0543 e. The van der Waals surface area contributed by atoms with Gasteiger partial charge in [0.25, 0.3) is 0 Å².